The molecule has 0 amide bonds. The SMILES string of the molecule is C/C(=C\c1ccc(Oc2ccccc2)cc1)C(=O)OCCS. The lowest BCUT2D eigenvalue weighted by Crippen LogP contribution is -2.07. The standard InChI is InChI=1S/C18H18O3S/c1-14(18(19)20-11-12-22)13-15-7-9-17(10-8-15)21-16-5-3-2-4-6-16/h2-10,13,22H,11-12H2,1H3/b14-13+. The highest BCUT2D eigenvalue weighted by Gasteiger charge is 2.05. The van der Waals surface area contributed by atoms with Crippen molar-refractivity contribution in [2.24, 2.45) is 0 Å². The molecule has 0 unspecified atom stereocenters. The lowest BCUT2D eigenvalue weighted by Gasteiger charge is -2.06. The number of ether oxygens (including phenoxy) is 2. The predicted molar refractivity (Wildman–Crippen MR) is 91.4 cm³/mol. The van der Waals surface area contributed by atoms with Crippen molar-refractivity contribution in [1.82, 2.24) is 0 Å². The van der Waals surface area contributed by atoms with Gasteiger partial charge >= 0.3 is 5.97 Å². The quantitative estimate of drug-likeness (QED) is 0.489. The third-order valence-corrected chi connectivity index (χ3v) is 3.07. The molecule has 0 bridgehead atoms. The second kappa shape index (κ2) is 8.29. The molecule has 2 aromatic carbocycles. The van der Waals surface area contributed by atoms with Gasteiger partial charge in [0.05, 0.1) is 0 Å². The number of hydrogen-bond acceptors (Lipinski definition) is 4. The summed E-state index contributed by atoms with van der Waals surface area (Å²) < 4.78 is 10.7. The summed E-state index contributed by atoms with van der Waals surface area (Å²) >= 11 is 4.00. The Bertz CT molecular complexity index is 633. The zero-order valence-electron chi connectivity index (χ0n) is 12.4. The maximum Gasteiger partial charge on any atom is 0.333 e. The fourth-order valence-electron chi connectivity index (χ4n) is 1.82. The van der Waals surface area contributed by atoms with Crippen molar-refractivity contribution in [2.45, 2.75) is 6.92 Å². The third-order valence-electron chi connectivity index (χ3n) is 2.89. The van der Waals surface area contributed by atoms with E-state index in [2.05, 4.69) is 12.6 Å². The molecule has 114 valence electrons. The Balaban J connectivity index is 2.01. The van der Waals surface area contributed by atoms with E-state index >= 15 is 0 Å². The number of thiol groups is 1. The lowest BCUT2D eigenvalue weighted by atomic mass is 10.1. The van der Waals surface area contributed by atoms with Crippen LogP contribution < -0.4 is 4.74 Å². The van der Waals surface area contributed by atoms with Gasteiger partial charge in [0.1, 0.15) is 18.1 Å². The molecule has 4 heteroatoms. The Labute approximate surface area is 136 Å². The van der Waals surface area contributed by atoms with Crippen LogP contribution >= 0.6 is 12.6 Å². The number of carbonyl (C=O) groups excluding carboxylic acids is 1. The smallest absolute Gasteiger partial charge is 0.333 e. The fraction of sp³-hybridized carbons (Fsp3) is 0.167. The highest BCUT2D eigenvalue weighted by atomic mass is 32.1. The molecule has 0 saturated heterocycles. The highest BCUT2D eigenvalue weighted by molar-refractivity contribution is 7.80. The number of carbonyl (C=O) groups is 1. The number of para-hydroxylation sites is 1. The van der Waals surface area contributed by atoms with Gasteiger partial charge in [0.2, 0.25) is 0 Å². The molecular formula is C18H18O3S. The van der Waals surface area contributed by atoms with Gasteiger partial charge in [-0.1, -0.05) is 30.3 Å². The molecule has 2 rings (SSSR count). The summed E-state index contributed by atoms with van der Waals surface area (Å²) in [7, 11) is 0. The topological polar surface area (TPSA) is 35.5 Å². The van der Waals surface area contributed by atoms with E-state index in [4.69, 9.17) is 9.47 Å². The van der Waals surface area contributed by atoms with Gasteiger partial charge in [-0.15, -0.1) is 0 Å². The first-order valence-electron chi connectivity index (χ1n) is 6.98. The van der Waals surface area contributed by atoms with Crippen LogP contribution in [0.2, 0.25) is 0 Å². The Morgan fingerprint density at radius 1 is 1.05 bits per heavy atom. The molecule has 0 radical (unpaired) electrons. The number of rotatable bonds is 6. The van der Waals surface area contributed by atoms with Crippen LogP contribution in [0.5, 0.6) is 11.5 Å². The summed E-state index contributed by atoms with van der Waals surface area (Å²) in [6.07, 6.45) is 1.78. The normalized spacial score (nSPS) is 11.1. The minimum absolute atomic E-state index is 0.316. The molecule has 0 aliphatic rings. The van der Waals surface area contributed by atoms with Gasteiger partial charge in [-0.25, -0.2) is 4.79 Å². The zero-order chi connectivity index (χ0) is 15.8. The molecule has 0 atom stereocenters. The number of hydrogen-bond donors (Lipinski definition) is 1. The summed E-state index contributed by atoms with van der Waals surface area (Å²) in [4.78, 5) is 11.7. The molecule has 3 nitrogen and oxygen atoms in total. The van der Waals surface area contributed by atoms with E-state index in [9.17, 15) is 4.79 Å². The highest BCUT2D eigenvalue weighted by Crippen LogP contribution is 2.21. The molecule has 0 heterocycles. The zero-order valence-corrected chi connectivity index (χ0v) is 13.3. The van der Waals surface area contributed by atoms with E-state index in [1.54, 1.807) is 13.0 Å². The molecule has 0 saturated carbocycles. The van der Waals surface area contributed by atoms with Crippen LogP contribution in [-0.2, 0) is 9.53 Å². The van der Waals surface area contributed by atoms with Gasteiger partial charge in [-0.2, -0.15) is 12.6 Å². The van der Waals surface area contributed by atoms with Crippen molar-refractivity contribution in [3.05, 3.63) is 65.7 Å². The molecule has 0 spiro atoms. The molecule has 0 N–H and O–H groups in total. The van der Waals surface area contributed by atoms with Gasteiger partial charge in [0.25, 0.3) is 0 Å². The summed E-state index contributed by atoms with van der Waals surface area (Å²) in [5, 5.41) is 0. The van der Waals surface area contributed by atoms with Crippen molar-refractivity contribution in [3.8, 4) is 11.5 Å². The van der Waals surface area contributed by atoms with Gasteiger partial charge in [-0.05, 0) is 42.8 Å². The lowest BCUT2D eigenvalue weighted by molar-refractivity contribution is -0.138. The molecular weight excluding hydrogens is 296 g/mol. The van der Waals surface area contributed by atoms with E-state index < -0.39 is 0 Å². The van der Waals surface area contributed by atoms with Crippen LogP contribution in [-0.4, -0.2) is 18.3 Å². The Morgan fingerprint density at radius 3 is 2.32 bits per heavy atom. The summed E-state index contributed by atoms with van der Waals surface area (Å²) in [5.41, 5.74) is 1.47. The summed E-state index contributed by atoms with van der Waals surface area (Å²) in [6, 6.07) is 17.1. The first-order valence-corrected chi connectivity index (χ1v) is 7.61. The Hall–Kier alpha value is -2.20. The average molecular weight is 314 g/mol. The molecule has 0 fully saturated rings. The molecule has 0 aromatic heterocycles. The second-order valence-corrected chi connectivity index (χ2v) is 5.12. The maximum atomic E-state index is 11.7. The summed E-state index contributed by atoms with van der Waals surface area (Å²) in [5.74, 6) is 1.74. The van der Waals surface area contributed by atoms with Gasteiger partial charge in [0, 0.05) is 11.3 Å². The molecule has 2 aromatic rings. The van der Waals surface area contributed by atoms with Crippen molar-refractivity contribution in [2.75, 3.05) is 12.4 Å². The van der Waals surface area contributed by atoms with Gasteiger partial charge in [-0.3, -0.25) is 0 Å². The first kappa shape index (κ1) is 16.2. The van der Waals surface area contributed by atoms with Crippen LogP contribution in [0.25, 0.3) is 6.08 Å². The van der Waals surface area contributed by atoms with Crippen LogP contribution in [0.1, 0.15) is 12.5 Å². The second-order valence-electron chi connectivity index (χ2n) is 4.67. The number of esters is 1. The van der Waals surface area contributed by atoms with Crippen molar-refractivity contribution < 1.29 is 14.3 Å². The van der Waals surface area contributed by atoms with E-state index in [0.717, 1.165) is 17.1 Å². The first-order chi connectivity index (χ1) is 10.7. The van der Waals surface area contributed by atoms with Gasteiger partial charge in [0.15, 0.2) is 0 Å². The van der Waals surface area contributed by atoms with Crippen LogP contribution in [0.3, 0.4) is 0 Å². The van der Waals surface area contributed by atoms with Crippen LogP contribution in [0, 0.1) is 0 Å². The van der Waals surface area contributed by atoms with E-state index in [1.807, 2.05) is 54.6 Å². The minimum Gasteiger partial charge on any atom is -0.461 e. The van der Waals surface area contributed by atoms with Crippen molar-refractivity contribution in [1.29, 1.82) is 0 Å². The molecule has 22 heavy (non-hydrogen) atoms. The van der Waals surface area contributed by atoms with Crippen LogP contribution in [0.15, 0.2) is 60.2 Å². The summed E-state index contributed by atoms with van der Waals surface area (Å²) in [6.45, 7) is 2.05. The minimum atomic E-state index is -0.321. The molecule has 0 aliphatic carbocycles. The Kier molecular flexibility index (Phi) is 6.10. The third kappa shape index (κ3) is 4.97. The molecule has 0 aliphatic heterocycles. The van der Waals surface area contributed by atoms with E-state index in [0.29, 0.717) is 17.9 Å². The van der Waals surface area contributed by atoms with Gasteiger partial charge < -0.3 is 9.47 Å². The average Bonchev–Trinajstić information content (AvgIpc) is 2.55. The van der Waals surface area contributed by atoms with E-state index in [1.165, 1.54) is 0 Å². The van der Waals surface area contributed by atoms with Crippen molar-refractivity contribution in [3.63, 3.8) is 0 Å². The Morgan fingerprint density at radius 2 is 1.68 bits per heavy atom. The largest absolute Gasteiger partial charge is 0.461 e. The maximum absolute atomic E-state index is 11.7. The monoisotopic (exact) mass is 314 g/mol. The van der Waals surface area contributed by atoms with E-state index in [-0.39, 0.29) is 5.97 Å². The van der Waals surface area contributed by atoms with Crippen molar-refractivity contribution >= 4 is 24.7 Å². The fourth-order valence-corrected chi connectivity index (χ4v) is 1.91. The predicted octanol–water partition coefficient (Wildman–Crippen LogP) is 4.36. The van der Waals surface area contributed by atoms with Crippen LogP contribution in [0.4, 0.5) is 0 Å². The number of benzene rings is 2.